The number of carbonyl (C=O) groups is 3. The molecule has 29 heavy (non-hydrogen) atoms. The Kier molecular flexibility index (Phi) is 6.91. The van der Waals surface area contributed by atoms with Crippen molar-refractivity contribution in [3.05, 3.63) is 65.7 Å². The second-order valence-corrected chi connectivity index (χ2v) is 6.96. The fourth-order valence-corrected chi connectivity index (χ4v) is 3.52. The van der Waals surface area contributed by atoms with Crippen LogP contribution in [-0.4, -0.2) is 41.6 Å². The van der Waals surface area contributed by atoms with Crippen LogP contribution in [0.3, 0.4) is 0 Å². The van der Waals surface area contributed by atoms with Gasteiger partial charge in [-0.2, -0.15) is 0 Å². The Bertz CT molecular complexity index is 930. The molecular weight excluding hydrogens is 392 g/mol. The summed E-state index contributed by atoms with van der Waals surface area (Å²) < 4.78 is 10.7. The van der Waals surface area contributed by atoms with Crippen LogP contribution in [0.15, 0.2) is 65.7 Å². The quantitative estimate of drug-likeness (QED) is 0.554. The van der Waals surface area contributed by atoms with E-state index in [0.29, 0.717) is 22.2 Å². The number of hydrogen-bond donors (Lipinski definition) is 1. The zero-order valence-corrected chi connectivity index (χ0v) is 16.6. The third kappa shape index (κ3) is 5.61. The van der Waals surface area contributed by atoms with Gasteiger partial charge >= 0.3 is 5.97 Å². The summed E-state index contributed by atoms with van der Waals surface area (Å²) in [5.41, 5.74) is 0.483. The van der Waals surface area contributed by atoms with E-state index < -0.39 is 11.9 Å². The van der Waals surface area contributed by atoms with E-state index in [-0.39, 0.29) is 24.8 Å². The van der Waals surface area contributed by atoms with Crippen LogP contribution in [0.2, 0.25) is 0 Å². The minimum absolute atomic E-state index is 0.173. The molecule has 0 aromatic heterocycles. The summed E-state index contributed by atoms with van der Waals surface area (Å²) in [6.07, 6.45) is 1.23. The van der Waals surface area contributed by atoms with Crippen LogP contribution >= 0.6 is 11.8 Å². The SMILES string of the molecule is CCOC(=O)/C=C1/SCC(=O)N1CC(=O)Nc1ccccc1Oc1ccccc1. The van der Waals surface area contributed by atoms with Crippen molar-refractivity contribution in [1.82, 2.24) is 4.90 Å². The lowest BCUT2D eigenvalue weighted by Crippen LogP contribution is -2.34. The van der Waals surface area contributed by atoms with Crippen LogP contribution < -0.4 is 10.1 Å². The number of ether oxygens (including phenoxy) is 2. The first kappa shape index (κ1) is 20.5. The van der Waals surface area contributed by atoms with Crippen molar-refractivity contribution in [1.29, 1.82) is 0 Å². The molecule has 0 unspecified atom stereocenters. The zero-order valence-electron chi connectivity index (χ0n) is 15.8. The number of nitrogens with zero attached hydrogens (tertiary/aromatic N) is 1. The van der Waals surface area contributed by atoms with E-state index in [0.717, 1.165) is 0 Å². The molecular formula is C21H20N2O5S. The molecule has 8 heteroatoms. The van der Waals surface area contributed by atoms with Gasteiger partial charge in [0, 0.05) is 0 Å². The van der Waals surface area contributed by atoms with Gasteiger partial charge in [0.1, 0.15) is 12.3 Å². The second-order valence-electron chi connectivity index (χ2n) is 5.96. The number of rotatable bonds is 7. The number of benzene rings is 2. The van der Waals surface area contributed by atoms with Gasteiger partial charge in [0.2, 0.25) is 11.8 Å². The Morgan fingerprint density at radius 1 is 1.14 bits per heavy atom. The molecule has 3 rings (SSSR count). The fraction of sp³-hybridized carbons (Fsp3) is 0.190. The highest BCUT2D eigenvalue weighted by molar-refractivity contribution is 8.04. The van der Waals surface area contributed by atoms with Crippen LogP contribution in [0.25, 0.3) is 0 Å². The maximum atomic E-state index is 12.6. The lowest BCUT2D eigenvalue weighted by molar-refractivity contribution is -0.137. The first-order valence-electron chi connectivity index (χ1n) is 9.00. The molecule has 2 aromatic rings. The molecule has 1 aliphatic heterocycles. The Balaban J connectivity index is 1.69. The van der Waals surface area contributed by atoms with Crippen LogP contribution in [-0.2, 0) is 19.1 Å². The number of thioether (sulfide) groups is 1. The molecule has 0 saturated carbocycles. The van der Waals surface area contributed by atoms with E-state index in [1.54, 1.807) is 31.2 Å². The van der Waals surface area contributed by atoms with Crippen molar-refractivity contribution in [2.24, 2.45) is 0 Å². The molecule has 2 aromatic carbocycles. The zero-order chi connectivity index (χ0) is 20.6. The Hall–Kier alpha value is -3.26. The lowest BCUT2D eigenvalue weighted by Gasteiger charge is -2.17. The molecule has 2 amide bonds. The van der Waals surface area contributed by atoms with E-state index in [1.165, 1.54) is 22.7 Å². The molecule has 0 atom stereocenters. The molecule has 0 bridgehead atoms. The van der Waals surface area contributed by atoms with Gasteiger partial charge in [-0.05, 0) is 31.2 Å². The van der Waals surface area contributed by atoms with E-state index >= 15 is 0 Å². The average Bonchev–Trinajstić information content (AvgIpc) is 3.04. The number of esters is 1. The third-order valence-corrected chi connectivity index (χ3v) is 4.90. The monoisotopic (exact) mass is 412 g/mol. The van der Waals surface area contributed by atoms with E-state index in [2.05, 4.69) is 5.32 Å². The predicted molar refractivity (Wildman–Crippen MR) is 110 cm³/mol. The normalized spacial score (nSPS) is 14.7. The minimum Gasteiger partial charge on any atom is -0.463 e. The predicted octanol–water partition coefficient (Wildman–Crippen LogP) is 3.40. The highest BCUT2D eigenvalue weighted by Crippen LogP contribution is 2.31. The summed E-state index contributed by atoms with van der Waals surface area (Å²) in [6.45, 7) is 1.72. The smallest absolute Gasteiger partial charge is 0.333 e. The molecule has 1 heterocycles. The first-order chi connectivity index (χ1) is 14.1. The first-order valence-corrected chi connectivity index (χ1v) is 9.98. The van der Waals surface area contributed by atoms with Crippen molar-refractivity contribution in [3.63, 3.8) is 0 Å². The summed E-state index contributed by atoms with van der Waals surface area (Å²) in [5, 5.41) is 3.17. The second kappa shape index (κ2) is 9.79. The number of hydrogen-bond acceptors (Lipinski definition) is 6. The molecule has 1 saturated heterocycles. The van der Waals surface area contributed by atoms with Gasteiger partial charge in [-0.15, -0.1) is 0 Å². The molecule has 1 fully saturated rings. The number of anilines is 1. The highest BCUT2D eigenvalue weighted by Gasteiger charge is 2.29. The Morgan fingerprint density at radius 3 is 2.62 bits per heavy atom. The van der Waals surface area contributed by atoms with E-state index in [4.69, 9.17) is 9.47 Å². The van der Waals surface area contributed by atoms with Gasteiger partial charge in [-0.25, -0.2) is 4.79 Å². The largest absolute Gasteiger partial charge is 0.463 e. The maximum Gasteiger partial charge on any atom is 0.333 e. The molecule has 1 N–H and O–H groups in total. The lowest BCUT2D eigenvalue weighted by atomic mass is 10.2. The van der Waals surface area contributed by atoms with Crippen molar-refractivity contribution in [2.45, 2.75) is 6.92 Å². The number of nitrogens with one attached hydrogen (secondary N) is 1. The molecule has 0 aliphatic carbocycles. The Morgan fingerprint density at radius 2 is 1.86 bits per heavy atom. The van der Waals surface area contributed by atoms with Crippen molar-refractivity contribution in [2.75, 3.05) is 24.2 Å². The van der Waals surface area contributed by atoms with Crippen LogP contribution in [0, 0.1) is 0 Å². The maximum absolute atomic E-state index is 12.6. The number of carbonyl (C=O) groups excluding carboxylic acids is 3. The van der Waals surface area contributed by atoms with E-state index in [1.807, 2.05) is 30.3 Å². The van der Waals surface area contributed by atoms with Gasteiger partial charge in [-0.3, -0.25) is 14.5 Å². The van der Waals surface area contributed by atoms with Crippen molar-refractivity contribution in [3.8, 4) is 11.5 Å². The van der Waals surface area contributed by atoms with Crippen molar-refractivity contribution >= 4 is 35.2 Å². The van der Waals surface area contributed by atoms with Gasteiger partial charge in [0.15, 0.2) is 5.75 Å². The van der Waals surface area contributed by atoms with Gasteiger partial charge in [0.05, 0.1) is 29.2 Å². The highest BCUT2D eigenvalue weighted by atomic mass is 32.2. The standard InChI is InChI=1S/C21H20N2O5S/c1-2-27-21(26)12-20-23(19(25)14-29-20)13-18(24)22-16-10-6-7-11-17(16)28-15-8-4-3-5-9-15/h3-12H,2,13-14H2,1H3,(H,22,24)/b20-12+. The van der Waals surface area contributed by atoms with Gasteiger partial charge in [0.25, 0.3) is 0 Å². The fourth-order valence-electron chi connectivity index (χ4n) is 2.59. The average molecular weight is 412 g/mol. The van der Waals surface area contributed by atoms with Crippen LogP contribution in [0.1, 0.15) is 6.92 Å². The molecule has 0 spiro atoms. The molecule has 150 valence electrons. The van der Waals surface area contributed by atoms with Gasteiger partial charge in [-0.1, -0.05) is 42.1 Å². The number of para-hydroxylation sites is 3. The summed E-state index contributed by atoms with van der Waals surface area (Å²) in [4.78, 5) is 37.6. The number of amides is 2. The van der Waals surface area contributed by atoms with Gasteiger partial charge < -0.3 is 14.8 Å². The summed E-state index contributed by atoms with van der Waals surface area (Å²) in [7, 11) is 0. The molecule has 0 radical (unpaired) electrons. The summed E-state index contributed by atoms with van der Waals surface area (Å²) >= 11 is 1.20. The summed E-state index contributed by atoms with van der Waals surface area (Å²) in [6, 6.07) is 16.2. The topological polar surface area (TPSA) is 84.9 Å². The molecule has 1 aliphatic rings. The molecule has 7 nitrogen and oxygen atoms in total. The van der Waals surface area contributed by atoms with Crippen LogP contribution in [0.5, 0.6) is 11.5 Å². The Labute approximate surface area is 172 Å². The van der Waals surface area contributed by atoms with E-state index in [9.17, 15) is 14.4 Å². The third-order valence-electron chi connectivity index (χ3n) is 3.87. The van der Waals surface area contributed by atoms with Crippen LogP contribution in [0.4, 0.5) is 5.69 Å². The summed E-state index contributed by atoms with van der Waals surface area (Å²) in [5.74, 6) is 0.106. The van der Waals surface area contributed by atoms with Crippen molar-refractivity contribution < 1.29 is 23.9 Å². The minimum atomic E-state index is -0.545.